The number of amides is 1. The molecule has 0 spiro atoms. The summed E-state index contributed by atoms with van der Waals surface area (Å²) in [7, 11) is 0. The van der Waals surface area contributed by atoms with E-state index in [0.717, 1.165) is 35.6 Å². The van der Waals surface area contributed by atoms with Crippen LogP contribution >= 0.6 is 23.1 Å². The zero-order chi connectivity index (χ0) is 19.4. The topological polar surface area (TPSA) is 54.9 Å². The molecule has 0 aliphatic carbocycles. The zero-order valence-electron chi connectivity index (χ0n) is 13.5. The van der Waals surface area contributed by atoms with Gasteiger partial charge in [-0.25, -0.2) is 4.39 Å². The smallest absolute Gasteiger partial charge is 0.296 e. The maximum absolute atomic E-state index is 13.6. The molecule has 0 aliphatic heterocycles. The highest BCUT2D eigenvalue weighted by molar-refractivity contribution is 8.00. The van der Waals surface area contributed by atoms with Crippen LogP contribution in [0.2, 0.25) is 0 Å². The minimum absolute atomic E-state index is 0.0683. The summed E-state index contributed by atoms with van der Waals surface area (Å²) in [6.45, 7) is 0. The van der Waals surface area contributed by atoms with Gasteiger partial charge in [-0.2, -0.15) is 13.2 Å². The molecule has 0 bridgehead atoms. The molecule has 2 aromatic carbocycles. The summed E-state index contributed by atoms with van der Waals surface area (Å²) in [6, 6.07) is 10.2. The van der Waals surface area contributed by atoms with Crippen LogP contribution in [0.1, 0.15) is 21.5 Å². The Morgan fingerprint density at radius 2 is 1.78 bits per heavy atom. The normalized spacial score (nSPS) is 11.4. The monoisotopic (exact) mass is 413 g/mol. The number of benzene rings is 2. The maximum atomic E-state index is 13.6. The number of nitrogens with one attached hydrogen (secondary N) is 1. The summed E-state index contributed by atoms with van der Waals surface area (Å²) in [5.41, 5.74) is -0.242. The fourth-order valence-corrected chi connectivity index (χ4v) is 3.79. The van der Waals surface area contributed by atoms with Gasteiger partial charge in [-0.05, 0) is 35.9 Å². The van der Waals surface area contributed by atoms with Crippen LogP contribution in [-0.2, 0) is 11.9 Å². The number of nitrogens with zero attached hydrogens (tertiary/aromatic N) is 2. The van der Waals surface area contributed by atoms with E-state index in [9.17, 15) is 22.4 Å². The van der Waals surface area contributed by atoms with Crippen molar-refractivity contribution >= 4 is 34.1 Å². The van der Waals surface area contributed by atoms with Gasteiger partial charge in [0.05, 0.1) is 5.56 Å². The van der Waals surface area contributed by atoms with Crippen molar-refractivity contribution in [3.63, 3.8) is 0 Å². The highest BCUT2D eigenvalue weighted by atomic mass is 32.2. The number of halogens is 4. The van der Waals surface area contributed by atoms with Crippen molar-refractivity contribution in [1.29, 1.82) is 0 Å². The first-order valence-corrected chi connectivity index (χ1v) is 9.31. The third-order valence-electron chi connectivity index (χ3n) is 3.41. The Bertz CT molecular complexity index is 942. The van der Waals surface area contributed by atoms with E-state index in [2.05, 4.69) is 15.5 Å². The second-order valence-corrected chi connectivity index (χ2v) is 7.48. The lowest BCUT2D eigenvalue weighted by atomic mass is 10.1. The second-order valence-electron chi connectivity index (χ2n) is 5.28. The second kappa shape index (κ2) is 8.05. The van der Waals surface area contributed by atoms with Gasteiger partial charge in [-0.3, -0.25) is 10.1 Å². The molecule has 1 amide bonds. The average molecular weight is 413 g/mol. The van der Waals surface area contributed by atoms with Gasteiger partial charge < -0.3 is 0 Å². The van der Waals surface area contributed by atoms with Crippen LogP contribution < -0.4 is 5.32 Å². The first-order valence-electron chi connectivity index (χ1n) is 7.51. The molecular formula is C17H11F4N3OS2. The number of anilines is 1. The standard InChI is InChI=1S/C17H11F4N3OS2/c18-13-4-2-1-3-11(13)9-26-16-24-23-15(27-16)22-14(25)10-5-7-12(8-6-10)17(19,20)21/h1-8H,9H2,(H,22,23,25). The first kappa shape index (κ1) is 19.3. The largest absolute Gasteiger partial charge is 0.416 e. The molecule has 0 atom stereocenters. The summed E-state index contributed by atoms with van der Waals surface area (Å²) in [6.07, 6.45) is -4.46. The molecule has 3 rings (SSSR count). The molecule has 1 heterocycles. The van der Waals surface area contributed by atoms with E-state index in [1.54, 1.807) is 18.2 Å². The summed E-state index contributed by atoms with van der Waals surface area (Å²) < 4.78 is 51.8. The Morgan fingerprint density at radius 3 is 2.44 bits per heavy atom. The molecular weight excluding hydrogens is 402 g/mol. The quantitative estimate of drug-likeness (QED) is 0.353. The van der Waals surface area contributed by atoms with E-state index >= 15 is 0 Å². The van der Waals surface area contributed by atoms with Crippen LogP contribution in [0, 0.1) is 5.82 Å². The van der Waals surface area contributed by atoms with Gasteiger partial charge in [0.2, 0.25) is 5.13 Å². The molecule has 10 heteroatoms. The summed E-state index contributed by atoms with van der Waals surface area (Å²) in [5, 5.41) is 10.4. The van der Waals surface area contributed by atoms with Crippen LogP contribution in [0.25, 0.3) is 0 Å². The van der Waals surface area contributed by atoms with E-state index in [1.165, 1.54) is 17.8 Å². The predicted molar refractivity (Wildman–Crippen MR) is 95.3 cm³/mol. The molecule has 140 valence electrons. The van der Waals surface area contributed by atoms with Gasteiger partial charge in [0, 0.05) is 11.3 Å². The van der Waals surface area contributed by atoms with Crippen LogP contribution in [0.4, 0.5) is 22.7 Å². The molecule has 27 heavy (non-hydrogen) atoms. The van der Waals surface area contributed by atoms with Gasteiger partial charge in [-0.15, -0.1) is 10.2 Å². The minimum atomic E-state index is -4.46. The number of hydrogen-bond acceptors (Lipinski definition) is 5. The lowest BCUT2D eigenvalue weighted by Gasteiger charge is -2.07. The Morgan fingerprint density at radius 1 is 1.07 bits per heavy atom. The van der Waals surface area contributed by atoms with Crippen molar-refractivity contribution in [1.82, 2.24) is 10.2 Å². The summed E-state index contributed by atoms with van der Waals surface area (Å²) >= 11 is 2.36. The molecule has 3 aromatic rings. The van der Waals surface area contributed by atoms with Crippen molar-refractivity contribution < 1.29 is 22.4 Å². The lowest BCUT2D eigenvalue weighted by Crippen LogP contribution is -2.12. The van der Waals surface area contributed by atoms with E-state index < -0.39 is 17.6 Å². The van der Waals surface area contributed by atoms with E-state index in [0.29, 0.717) is 15.7 Å². The van der Waals surface area contributed by atoms with Crippen molar-refractivity contribution in [2.45, 2.75) is 16.3 Å². The van der Waals surface area contributed by atoms with Crippen LogP contribution in [0.5, 0.6) is 0 Å². The first-order chi connectivity index (χ1) is 12.8. The molecule has 0 unspecified atom stereocenters. The summed E-state index contributed by atoms with van der Waals surface area (Å²) in [4.78, 5) is 12.1. The highest BCUT2D eigenvalue weighted by Crippen LogP contribution is 2.30. The van der Waals surface area contributed by atoms with E-state index in [4.69, 9.17) is 0 Å². The Hall–Kier alpha value is -2.46. The van der Waals surface area contributed by atoms with Crippen molar-refractivity contribution in [3.05, 3.63) is 71.0 Å². The molecule has 0 saturated carbocycles. The number of thioether (sulfide) groups is 1. The molecule has 4 nitrogen and oxygen atoms in total. The number of aromatic nitrogens is 2. The fourth-order valence-electron chi connectivity index (χ4n) is 2.05. The fraction of sp³-hybridized carbons (Fsp3) is 0.118. The Balaban J connectivity index is 1.60. The molecule has 0 fully saturated rings. The lowest BCUT2D eigenvalue weighted by molar-refractivity contribution is -0.137. The third kappa shape index (κ3) is 5.04. The van der Waals surface area contributed by atoms with Gasteiger partial charge in [0.15, 0.2) is 4.34 Å². The van der Waals surface area contributed by atoms with E-state index in [1.807, 2.05) is 0 Å². The molecule has 1 aromatic heterocycles. The SMILES string of the molecule is O=C(Nc1nnc(SCc2ccccc2F)s1)c1ccc(C(F)(F)F)cc1. The van der Waals surface area contributed by atoms with Crippen LogP contribution in [0.15, 0.2) is 52.9 Å². The van der Waals surface area contributed by atoms with Crippen LogP contribution in [-0.4, -0.2) is 16.1 Å². The molecule has 0 aliphatic rings. The zero-order valence-corrected chi connectivity index (χ0v) is 15.1. The van der Waals surface area contributed by atoms with Crippen LogP contribution in [0.3, 0.4) is 0 Å². The predicted octanol–water partition coefficient (Wildman–Crippen LogP) is 5.24. The number of hydrogen-bond donors (Lipinski definition) is 1. The van der Waals surface area contributed by atoms with Gasteiger partial charge in [-0.1, -0.05) is 41.3 Å². The van der Waals surface area contributed by atoms with Crippen molar-refractivity contribution in [2.24, 2.45) is 0 Å². The van der Waals surface area contributed by atoms with Gasteiger partial charge >= 0.3 is 6.18 Å². The molecule has 0 radical (unpaired) electrons. The average Bonchev–Trinajstić information content (AvgIpc) is 3.08. The number of rotatable bonds is 5. The van der Waals surface area contributed by atoms with Gasteiger partial charge in [0.1, 0.15) is 5.82 Å². The number of carbonyl (C=O) groups is 1. The minimum Gasteiger partial charge on any atom is -0.296 e. The number of carbonyl (C=O) groups excluding carboxylic acids is 1. The third-order valence-corrected chi connectivity index (χ3v) is 5.43. The van der Waals surface area contributed by atoms with Gasteiger partial charge in [0.25, 0.3) is 5.91 Å². The van der Waals surface area contributed by atoms with Crippen molar-refractivity contribution in [2.75, 3.05) is 5.32 Å². The Kier molecular flexibility index (Phi) is 5.76. The molecule has 0 saturated heterocycles. The number of alkyl halides is 3. The summed E-state index contributed by atoms with van der Waals surface area (Å²) in [5.74, 6) is -0.551. The Labute approximate surface area is 159 Å². The molecule has 1 N–H and O–H groups in total. The van der Waals surface area contributed by atoms with Crippen molar-refractivity contribution in [3.8, 4) is 0 Å². The highest BCUT2D eigenvalue weighted by Gasteiger charge is 2.30. The van der Waals surface area contributed by atoms with E-state index in [-0.39, 0.29) is 16.5 Å². The maximum Gasteiger partial charge on any atom is 0.416 e.